The van der Waals surface area contributed by atoms with Crippen molar-refractivity contribution in [2.75, 3.05) is 38.6 Å². The summed E-state index contributed by atoms with van der Waals surface area (Å²) < 4.78 is 5.32. The van der Waals surface area contributed by atoms with E-state index >= 15 is 0 Å². The van der Waals surface area contributed by atoms with Crippen molar-refractivity contribution in [3.05, 3.63) is 58.6 Å². The molecule has 3 rings (SSSR count). The first-order valence-electron chi connectivity index (χ1n) is 9.23. The molecule has 1 heterocycles. The van der Waals surface area contributed by atoms with E-state index in [4.69, 9.17) is 16.3 Å². The van der Waals surface area contributed by atoms with Gasteiger partial charge in [0.25, 0.3) is 5.91 Å². The fraction of sp³-hybridized carbons (Fsp3) is 0.333. The van der Waals surface area contributed by atoms with Crippen molar-refractivity contribution in [3.63, 3.8) is 0 Å². The van der Waals surface area contributed by atoms with Crippen LogP contribution in [-0.2, 0) is 0 Å². The molecule has 2 aromatic carbocycles. The fourth-order valence-corrected chi connectivity index (χ4v) is 3.42. The first-order chi connectivity index (χ1) is 13.5. The Kier molecular flexibility index (Phi) is 6.41. The van der Waals surface area contributed by atoms with Gasteiger partial charge in [0.1, 0.15) is 5.75 Å². The lowest BCUT2D eigenvalue weighted by Crippen LogP contribution is -2.39. The van der Waals surface area contributed by atoms with Crippen molar-refractivity contribution in [2.45, 2.75) is 13.3 Å². The third-order valence-electron chi connectivity index (χ3n) is 4.80. The molecule has 0 spiro atoms. The Morgan fingerprint density at radius 3 is 2.54 bits per heavy atom. The maximum absolute atomic E-state index is 12.9. The molecule has 0 atom stereocenters. The lowest BCUT2D eigenvalue weighted by molar-refractivity contribution is 0.0762. The number of halogens is 1. The number of hydrogen-bond donors (Lipinski definition) is 1. The minimum Gasteiger partial charge on any atom is -0.496 e. The third-order valence-corrected chi connectivity index (χ3v) is 5.04. The molecular weight excluding hydrogens is 378 g/mol. The zero-order chi connectivity index (χ0) is 20.1. The number of hydrogen-bond acceptors (Lipinski definition) is 3. The lowest BCUT2D eigenvalue weighted by Gasteiger charge is -2.23. The monoisotopic (exact) mass is 401 g/mol. The van der Waals surface area contributed by atoms with Crippen LogP contribution in [0.2, 0.25) is 5.02 Å². The number of anilines is 1. The number of methoxy groups -OCH3 is 1. The van der Waals surface area contributed by atoms with Gasteiger partial charge in [-0.3, -0.25) is 4.79 Å². The van der Waals surface area contributed by atoms with Crippen LogP contribution in [0.25, 0.3) is 0 Å². The van der Waals surface area contributed by atoms with Crippen LogP contribution in [-0.4, -0.2) is 55.0 Å². The maximum Gasteiger partial charge on any atom is 0.321 e. The van der Waals surface area contributed by atoms with Crippen LogP contribution in [0.5, 0.6) is 5.75 Å². The molecule has 0 bridgehead atoms. The van der Waals surface area contributed by atoms with Crippen molar-refractivity contribution in [1.29, 1.82) is 0 Å². The number of nitrogens with one attached hydrogen (secondary N) is 1. The Balaban J connectivity index is 1.62. The van der Waals surface area contributed by atoms with Gasteiger partial charge in [0.05, 0.1) is 7.11 Å². The minimum absolute atomic E-state index is 0.0459. The van der Waals surface area contributed by atoms with Gasteiger partial charge in [-0.1, -0.05) is 23.7 Å². The number of carbonyl (C=O) groups excluding carboxylic acids is 2. The van der Waals surface area contributed by atoms with Crippen LogP contribution < -0.4 is 10.1 Å². The second-order valence-electron chi connectivity index (χ2n) is 6.76. The second-order valence-corrected chi connectivity index (χ2v) is 7.19. The zero-order valence-electron chi connectivity index (χ0n) is 16.1. The zero-order valence-corrected chi connectivity index (χ0v) is 16.8. The summed E-state index contributed by atoms with van der Waals surface area (Å²) in [6.07, 6.45) is 0.720. The molecule has 6 nitrogen and oxygen atoms in total. The van der Waals surface area contributed by atoms with E-state index in [9.17, 15) is 9.59 Å². The molecule has 1 saturated heterocycles. The van der Waals surface area contributed by atoms with E-state index < -0.39 is 0 Å². The van der Waals surface area contributed by atoms with Gasteiger partial charge in [0.2, 0.25) is 0 Å². The van der Waals surface area contributed by atoms with Crippen molar-refractivity contribution in [2.24, 2.45) is 0 Å². The van der Waals surface area contributed by atoms with E-state index in [0.29, 0.717) is 48.2 Å². The molecule has 1 aliphatic rings. The van der Waals surface area contributed by atoms with E-state index in [1.54, 1.807) is 47.2 Å². The van der Waals surface area contributed by atoms with Gasteiger partial charge in [-0.05, 0) is 49.2 Å². The Bertz CT molecular complexity index is 872. The van der Waals surface area contributed by atoms with Crippen LogP contribution in [0.3, 0.4) is 0 Å². The second kappa shape index (κ2) is 8.97. The molecule has 28 heavy (non-hydrogen) atoms. The molecule has 0 aliphatic carbocycles. The molecule has 1 N–H and O–H groups in total. The van der Waals surface area contributed by atoms with Gasteiger partial charge in [0, 0.05) is 42.5 Å². The highest BCUT2D eigenvalue weighted by Crippen LogP contribution is 2.21. The highest BCUT2D eigenvalue weighted by atomic mass is 35.5. The molecule has 0 unspecified atom stereocenters. The Morgan fingerprint density at radius 2 is 1.79 bits per heavy atom. The molecule has 3 amide bonds. The molecule has 148 valence electrons. The molecule has 1 aliphatic heterocycles. The third kappa shape index (κ3) is 4.75. The van der Waals surface area contributed by atoms with Gasteiger partial charge in [-0.25, -0.2) is 4.79 Å². The van der Waals surface area contributed by atoms with Crippen LogP contribution in [0.1, 0.15) is 22.3 Å². The first kappa shape index (κ1) is 20.0. The number of urea groups is 1. The van der Waals surface area contributed by atoms with E-state index in [1.807, 2.05) is 19.1 Å². The Hall–Kier alpha value is -2.73. The van der Waals surface area contributed by atoms with E-state index in [1.165, 1.54) is 0 Å². The highest BCUT2D eigenvalue weighted by molar-refractivity contribution is 6.30. The number of aryl methyl sites for hydroxylation is 1. The van der Waals surface area contributed by atoms with Gasteiger partial charge < -0.3 is 19.9 Å². The van der Waals surface area contributed by atoms with E-state index in [2.05, 4.69) is 5.32 Å². The number of nitrogens with zero attached hydrogens (tertiary/aromatic N) is 2. The van der Waals surface area contributed by atoms with Gasteiger partial charge in [-0.15, -0.1) is 0 Å². The summed E-state index contributed by atoms with van der Waals surface area (Å²) in [6.45, 7) is 4.10. The number of ether oxygens (including phenoxy) is 1. The maximum atomic E-state index is 12.9. The van der Waals surface area contributed by atoms with Crippen molar-refractivity contribution in [3.8, 4) is 5.75 Å². The van der Waals surface area contributed by atoms with E-state index in [0.717, 1.165) is 12.0 Å². The molecule has 0 aromatic heterocycles. The number of amides is 3. The Morgan fingerprint density at radius 1 is 1.04 bits per heavy atom. The molecule has 1 fully saturated rings. The standard InChI is InChI=1S/C21H24ClN3O3/c1-15-7-8-16(13-19(15)28-2)20(26)24-9-4-10-25(12-11-24)21(27)23-18-6-3-5-17(22)14-18/h3,5-8,13-14H,4,9-12H2,1-2H3,(H,23,27). The fourth-order valence-electron chi connectivity index (χ4n) is 3.23. The van der Waals surface area contributed by atoms with Crippen LogP contribution in [0, 0.1) is 6.92 Å². The summed E-state index contributed by atoms with van der Waals surface area (Å²) in [5, 5.41) is 3.43. The molecule has 0 radical (unpaired) electrons. The van der Waals surface area contributed by atoms with Crippen LogP contribution >= 0.6 is 11.6 Å². The highest BCUT2D eigenvalue weighted by Gasteiger charge is 2.23. The Labute approximate surface area is 170 Å². The summed E-state index contributed by atoms with van der Waals surface area (Å²) in [5.41, 5.74) is 2.24. The van der Waals surface area contributed by atoms with Crippen LogP contribution in [0.4, 0.5) is 10.5 Å². The quantitative estimate of drug-likeness (QED) is 0.844. The molecular formula is C21H24ClN3O3. The molecule has 0 saturated carbocycles. The summed E-state index contributed by atoms with van der Waals surface area (Å²) in [7, 11) is 1.60. The predicted molar refractivity (Wildman–Crippen MR) is 110 cm³/mol. The van der Waals surface area contributed by atoms with Gasteiger partial charge in [-0.2, -0.15) is 0 Å². The van der Waals surface area contributed by atoms with Gasteiger partial charge in [0.15, 0.2) is 0 Å². The lowest BCUT2D eigenvalue weighted by atomic mass is 10.1. The molecule has 7 heteroatoms. The summed E-state index contributed by atoms with van der Waals surface area (Å²) in [6, 6.07) is 12.3. The smallest absolute Gasteiger partial charge is 0.321 e. The van der Waals surface area contributed by atoms with E-state index in [-0.39, 0.29) is 11.9 Å². The first-order valence-corrected chi connectivity index (χ1v) is 9.61. The summed E-state index contributed by atoms with van der Waals surface area (Å²) in [5.74, 6) is 0.651. The normalized spacial score (nSPS) is 14.4. The van der Waals surface area contributed by atoms with Crippen molar-refractivity contribution < 1.29 is 14.3 Å². The van der Waals surface area contributed by atoms with Crippen LogP contribution in [0.15, 0.2) is 42.5 Å². The molecule has 2 aromatic rings. The average molecular weight is 402 g/mol. The summed E-state index contributed by atoms with van der Waals surface area (Å²) >= 11 is 5.97. The summed E-state index contributed by atoms with van der Waals surface area (Å²) in [4.78, 5) is 28.9. The topological polar surface area (TPSA) is 61.9 Å². The number of rotatable bonds is 3. The van der Waals surface area contributed by atoms with Crippen molar-refractivity contribution >= 4 is 29.2 Å². The predicted octanol–water partition coefficient (Wildman–Crippen LogP) is 4.04. The largest absolute Gasteiger partial charge is 0.496 e. The SMILES string of the molecule is COc1cc(C(=O)N2CCCN(C(=O)Nc3cccc(Cl)c3)CC2)ccc1C. The average Bonchev–Trinajstić information content (AvgIpc) is 2.94. The number of carbonyl (C=O) groups is 2. The van der Waals surface area contributed by atoms with Crippen molar-refractivity contribution in [1.82, 2.24) is 9.80 Å². The minimum atomic E-state index is -0.187. The number of benzene rings is 2. The van der Waals surface area contributed by atoms with Gasteiger partial charge >= 0.3 is 6.03 Å².